The number of sulfonamides is 1. The van der Waals surface area contributed by atoms with Crippen molar-refractivity contribution in [3.63, 3.8) is 0 Å². The van der Waals surface area contributed by atoms with Crippen LogP contribution in [0.15, 0.2) is 48.5 Å². The van der Waals surface area contributed by atoms with E-state index in [1.165, 1.54) is 42.2 Å². The van der Waals surface area contributed by atoms with Gasteiger partial charge in [0, 0.05) is 23.2 Å². The number of carbonyl (C=O) groups excluding carboxylic acids is 2. The maximum Gasteiger partial charge on any atom is 0.244 e. The number of halogens is 2. The topological polar surface area (TPSA) is 86.8 Å². The Hall–Kier alpha value is -2.65. The monoisotopic (exact) mass is 497 g/mol. The van der Waals surface area contributed by atoms with Crippen molar-refractivity contribution in [2.75, 3.05) is 17.1 Å². The van der Waals surface area contributed by atoms with Gasteiger partial charge in [-0.3, -0.25) is 13.9 Å². The largest absolute Gasteiger partial charge is 0.352 e. The number of carbonyl (C=O) groups is 2. The van der Waals surface area contributed by atoms with Gasteiger partial charge < -0.3 is 10.2 Å². The Morgan fingerprint density at radius 1 is 1.12 bits per heavy atom. The van der Waals surface area contributed by atoms with Gasteiger partial charge >= 0.3 is 0 Å². The normalized spacial score (nSPS) is 13.2. The van der Waals surface area contributed by atoms with Crippen molar-refractivity contribution in [3.05, 3.63) is 64.9 Å². The molecule has 0 saturated heterocycles. The predicted molar refractivity (Wildman–Crippen MR) is 128 cm³/mol. The Labute approximate surface area is 199 Å². The predicted octanol–water partition coefficient (Wildman–Crippen LogP) is 3.58. The van der Waals surface area contributed by atoms with Gasteiger partial charge in [0.05, 0.1) is 11.9 Å². The van der Waals surface area contributed by atoms with Crippen LogP contribution in [0.3, 0.4) is 0 Å². The maximum atomic E-state index is 14.3. The lowest BCUT2D eigenvalue weighted by Crippen LogP contribution is -2.52. The minimum atomic E-state index is -3.86. The number of nitrogens with zero attached hydrogens (tertiary/aromatic N) is 2. The van der Waals surface area contributed by atoms with Crippen LogP contribution in [0.1, 0.15) is 32.8 Å². The van der Waals surface area contributed by atoms with Crippen LogP contribution in [0.25, 0.3) is 0 Å². The van der Waals surface area contributed by atoms with E-state index in [4.69, 9.17) is 11.6 Å². The molecule has 0 aliphatic carbocycles. The molecular formula is C23H29ClFN3O4S. The van der Waals surface area contributed by atoms with Gasteiger partial charge in [-0.15, -0.1) is 0 Å². The molecule has 0 fully saturated rings. The molecule has 10 heteroatoms. The fourth-order valence-electron chi connectivity index (χ4n) is 3.10. The molecule has 2 unspecified atom stereocenters. The molecule has 7 nitrogen and oxygen atoms in total. The van der Waals surface area contributed by atoms with Crippen molar-refractivity contribution >= 4 is 39.1 Å². The Morgan fingerprint density at radius 3 is 2.36 bits per heavy atom. The zero-order valence-corrected chi connectivity index (χ0v) is 20.7. The van der Waals surface area contributed by atoms with Crippen LogP contribution < -0.4 is 9.62 Å². The van der Waals surface area contributed by atoms with Crippen molar-refractivity contribution in [3.8, 4) is 0 Å². The van der Waals surface area contributed by atoms with Crippen LogP contribution in [-0.4, -0.2) is 50.0 Å². The average Bonchev–Trinajstić information content (AvgIpc) is 2.75. The molecule has 33 heavy (non-hydrogen) atoms. The number of amides is 2. The minimum absolute atomic E-state index is 0.121. The summed E-state index contributed by atoms with van der Waals surface area (Å²) < 4.78 is 40.2. The summed E-state index contributed by atoms with van der Waals surface area (Å²) in [5.41, 5.74) is 0.420. The molecule has 0 bridgehead atoms. The first-order chi connectivity index (χ1) is 15.4. The molecule has 1 N–H and O–H groups in total. The van der Waals surface area contributed by atoms with Crippen molar-refractivity contribution in [2.24, 2.45) is 0 Å². The Bertz CT molecular complexity index is 1100. The number of benzene rings is 2. The van der Waals surface area contributed by atoms with E-state index in [9.17, 15) is 22.4 Å². The van der Waals surface area contributed by atoms with E-state index in [1.807, 2.05) is 13.8 Å². The van der Waals surface area contributed by atoms with Crippen LogP contribution in [0.5, 0.6) is 0 Å². The quantitative estimate of drug-likeness (QED) is 0.543. The van der Waals surface area contributed by atoms with E-state index in [1.54, 1.807) is 18.2 Å². The van der Waals surface area contributed by atoms with Gasteiger partial charge in [-0.25, -0.2) is 12.8 Å². The van der Waals surface area contributed by atoms with Crippen molar-refractivity contribution in [1.82, 2.24) is 10.2 Å². The molecule has 0 aliphatic rings. The highest BCUT2D eigenvalue weighted by molar-refractivity contribution is 7.92. The summed E-state index contributed by atoms with van der Waals surface area (Å²) in [6, 6.07) is 10.9. The summed E-state index contributed by atoms with van der Waals surface area (Å²) in [5.74, 6) is -1.60. The first kappa shape index (κ1) is 26.6. The minimum Gasteiger partial charge on any atom is -0.352 e. The molecule has 2 aromatic rings. The lowest BCUT2D eigenvalue weighted by molar-refractivity contribution is -0.139. The SMILES string of the molecule is CCC(C)NC(=O)C(C)N(Cc1ccccc1F)C(=O)CN(c1cccc(Cl)c1)S(C)(=O)=O. The van der Waals surface area contributed by atoms with E-state index >= 15 is 0 Å². The van der Waals surface area contributed by atoms with E-state index in [-0.39, 0.29) is 23.8 Å². The number of nitrogens with one attached hydrogen (secondary N) is 1. The molecule has 2 atom stereocenters. The summed E-state index contributed by atoms with van der Waals surface area (Å²) in [7, 11) is -3.86. The van der Waals surface area contributed by atoms with Gasteiger partial charge in [-0.2, -0.15) is 0 Å². The lowest BCUT2D eigenvalue weighted by Gasteiger charge is -2.32. The van der Waals surface area contributed by atoms with E-state index in [2.05, 4.69) is 5.32 Å². The van der Waals surface area contributed by atoms with Gasteiger partial charge in [-0.05, 0) is 44.5 Å². The average molecular weight is 498 g/mol. The Kier molecular flexibility index (Phi) is 9.25. The molecule has 0 aromatic heterocycles. The number of hydrogen-bond acceptors (Lipinski definition) is 4. The van der Waals surface area contributed by atoms with Crippen LogP contribution in [0, 0.1) is 5.82 Å². The summed E-state index contributed by atoms with van der Waals surface area (Å²) in [5, 5.41) is 3.12. The van der Waals surface area contributed by atoms with Crippen LogP contribution in [0.4, 0.5) is 10.1 Å². The van der Waals surface area contributed by atoms with Crippen LogP contribution in [-0.2, 0) is 26.2 Å². The third-order valence-electron chi connectivity index (χ3n) is 5.24. The summed E-state index contributed by atoms with van der Waals surface area (Å²) in [6.45, 7) is 4.49. The summed E-state index contributed by atoms with van der Waals surface area (Å²) in [4.78, 5) is 27.3. The maximum absolute atomic E-state index is 14.3. The lowest BCUT2D eigenvalue weighted by atomic mass is 10.1. The first-order valence-electron chi connectivity index (χ1n) is 10.5. The fourth-order valence-corrected chi connectivity index (χ4v) is 4.13. The number of anilines is 1. The highest BCUT2D eigenvalue weighted by Gasteiger charge is 2.31. The van der Waals surface area contributed by atoms with Crippen LogP contribution >= 0.6 is 11.6 Å². The van der Waals surface area contributed by atoms with Crippen LogP contribution in [0.2, 0.25) is 5.02 Å². The van der Waals surface area contributed by atoms with E-state index < -0.39 is 40.2 Å². The molecule has 0 spiro atoms. The second-order valence-corrected chi connectivity index (χ2v) is 10.2. The standard InChI is InChI=1S/C23H29ClFN3O4S/c1-5-16(2)26-23(30)17(3)27(14-18-9-6-7-12-21(18)25)22(29)15-28(33(4,31)32)20-11-8-10-19(24)13-20/h6-13,16-17H,5,14-15H2,1-4H3,(H,26,30). The second kappa shape index (κ2) is 11.5. The molecule has 0 heterocycles. The van der Waals surface area contributed by atoms with Gasteiger partial charge in [0.15, 0.2) is 0 Å². The molecular weight excluding hydrogens is 469 g/mol. The highest BCUT2D eigenvalue weighted by Crippen LogP contribution is 2.23. The van der Waals surface area contributed by atoms with Gasteiger partial charge in [-0.1, -0.05) is 42.8 Å². The Morgan fingerprint density at radius 2 is 1.79 bits per heavy atom. The third kappa shape index (κ3) is 7.43. The number of rotatable bonds is 10. The van der Waals surface area contributed by atoms with E-state index in [0.29, 0.717) is 11.4 Å². The van der Waals surface area contributed by atoms with Crippen molar-refractivity contribution < 1.29 is 22.4 Å². The molecule has 2 amide bonds. The molecule has 0 saturated carbocycles. The molecule has 2 rings (SSSR count). The third-order valence-corrected chi connectivity index (χ3v) is 6.62. The summed E-state index contributed by atoms with van der Waals surface area (Å²) >= 11 is 6.01. The fraction of sp³-hybridized carbons (Fsp3) is 0.391. The van der Waals surface area contributed by atoms with Crippen molar-refractivity contribution in [1.29, 1.82) is 0 Å². The highest BCUT2D eigenvalue weighted by atomic mass is 35.5. The zero-order chi connectivity index (χ0) is 24.8. The van der Waals surface area contributed by atoms with Gasteiger partial charge in [0.1, 0.15) is 18.4 Å². The van der Waals surface area contributed by atoms with E-state index in [0.717, 1.165) is 10.6 Å². The molecule has 2 aromatic carbocycles. The second-order valence-electron chi connectivity index (χ2n) is 7.86. The molecule has 180 valence electrons. The first-order valence-corrected chi connectivity index (χ1v) is 12.7. The van der Waals surface area contributed by atoms with Crippen molar-refractivity contribution in [2.45, 2.75) is 45.8 Å². The van der Waals surface area contributed by atoms with Gasteiger partial charge in [0.2, 0.25) is 21.8 Å². The zero-order valence-electron chi connectivity index (χ0n) is 19.1. The summed E-state index contributed by atoms with van der Waals surface area (Å²) in [6.07, 6.45) is 1.66. The Balaban J connectivity index is 2.40. The molecule has 0 aliphatic heterocycles. The number of hydrogen-bond donors (Lipinski definition) is 1. The van der Waals surface area contributed by atoms with Gasteiger partial charge in [0.25, 0.3) is 0 Å². The molecule has 0 radical (unpaired) electrons. The smallest absolute Gasteiger partial charge is 0.244 e.